The predicted molar refractivity (Wildman–Crippen MR) is 67.4 cm³/mol. The molecule has 1 N–H and O–H groups in total. The Kier molecular flexibility index (Phi) is 4.54. The Morgan fingerprint density at radius 2 is 1.82 bits per heavy atom. The first-order valence-electron chi connectivity index (χ1n) is 6.51. The van der Waals surface area contributed by atoms with Crippen molar-refractivity contribution in [2.45, 2.75) is 65.6 Å². The highest BCUT2D eigenvalue weighted by Crippen LogP contribution is 2.19. The summed E-state index contributed by atoms with van der Waals surface area (Å²) < 4.78 is 0. The summed E-state index contributed by atoms with van der Waals surface area (Å²) in [5.41, 5.74) is 0. The Balaban J connectivity index is 2.90. The standard InChI is InChI=1S/C13H24N2O2/c1-6-11-12(16)14-10(7-8(2)3)13(17)15(11)9(4)5/h8-11H,6-7H2,1-5H3,(H,14,16). The zero-order valence-electron chi connectivity index (χ0n) is 11.5. The molecule has 2 amide bonds. The fourth-order valence-electron chi connectivity index (χ4n) is 2.42. The van der Waals surface area contributed by atoms with Crippen LogP contribution in [0.1, 0.15) is 47.5 Å². The van der Waals surface area contributed by atoms with E-state index in [4.69, 9.17) is 0 Å². The lowest BCUT2D eigenvalue weighted by atomic mass is 9.96. The van der Waals surface area contributed by atoms with Gasteiger partial charge in [0.25, 0.3) is 0 Å². The van der Waals surface area contributed by atoms with Crippen molar-refractivity contribution >= 4 is 11.8 Å². The first kappa shape index (κ1) is 14.0. The Morgan fingerprint density at radius 3 is 2.24 bits per heavy atom. The summed E-state index contributed by atoms with van der Waals surface area (Å²) in [6.45, 7) is 9.99. The third-order valence-corrected chi connectivity index (χ3v) is 3.16. The molecule has 1 saturated heterocycles. The van der Waals surface area contributed by atoms with Crippen molar-refractivity contribution < 1.29 is 9.59 Å². The molecule has 0 spiro atoms. The normalized spacial score (nSPS) is 25.7. The molecule has 98 valence electrons. The van der Waals surface area contributed by atoms with Crippen molar-refractivity contribution in [3.63, 3.8) is 0 Å². The van der Waals surface area contributed by atoms with Crippen LogP contribution in [0.3, 0.4) is 0 Å². The molecular weight excluding hydrogens is 216 g/mol. The average molecular weight is 240 g/mol. The van der Waals surface area contributed by atoms with Crippen LogP contribution in [0.5, 0.6) is 0 Å². The van der Waals surface area contributed by atoms with Gasteiger partial charge in [-0.25, -0.2) is 0 Å². The maximum absolute atomic E-state index is 12.3. The Morgan fingerprint density at radius 1 is 1.24 bits per heavy atom. The Labute approximate surface area is 104 Å². The van der Waals surface area contributed by atoms with E-state index in [0.29, 0.717) is 18.8 Å². The molecule has 0 saturated carbocycles. The molecule has 0 radical (unpaired) electrons. The van der Waals surface area contributed by atoms with Crippen molar-refractivity contribution in [1.82, 2.24) is 10.2 Å². The zero-order valence-corrected chi connectivity index (χ0v) is 11.5. The number of hydrogen-bond donors (Lipinski definition) is 1. The third kappa shape index (κ3) is 2.99. The van der Waals surface area contributed by atoms with Gasteiger partial charge in [0.05, 0.1) is 0 Å². The minimum atomic E-state index is -0.340. The molecule has 4 heteroatoms. The smallest absolute Gasteiger partial charge is 0.246 e. The van der Waals surface area contributed by atoms with Crippen molar-refractivity contribution in [2.24, 2.45) is 5.92 Å². The van der Waals surface area contributed by atoms with Gasteiger partial charge in [0, 0.05) is 6.04 Å². The summed E-state index contributed by atoms with van der Waals surface area (Å²) in [7, 11) is 0. The monoisotopic (exact) mass is 240 g/mol. The van der Waals surface area contributed by atoms with Gasteiger partial charge in [-0.1, -0.05) is 20.8 Å². The van der Waals surface area contributed by atoms with Crippen molar-refractivity contribution in [1.29, 1.82) is 0 Å². The fraction of sp³-hybridized carbons (Fsp3) is 0.846. The van der Waals surface area contributed by atoms with E-state index in [9.17, 15) is 9.59 Å². The van der Waals surface area contributed by atoms with Crippen molar-refractivity contribution in [3.8, 4) is 0 Å². The van der Waals surface area contributed by atoms with E-state index in [1.165, 1.54) is 0 Å². The fourth-order valence-corrected chi connectivity index (χ4v) is 2.42. The van der Waals surface area contributed by atoms with E-state index in [1.54, 1.807) is 4.90 Å². The first-order chi connectivity index (χ1) is 7.88. The number of nitrogens with zero attached hydrogens (tertiary/aromatic N) is 1. The molecule has 0 aliphatic carbocycles. The number of piperazine rings is 1. The minimum Gasteiger partial charge on any atom is -0.342 e. The number of carbonyl (C=O) groups is 2. The van der Waals surface area contributed by atoms with E-state index in [1.807, 2.05) is 20.8 Å². The van der Waals surface area contributed by atoms with Crippen LogP contribution in [0.2, 0.25) is 0 Å². The van der Waals surface area contributed by atoms with Crippen LogP contribution in [0.25, 0.3) is 0 Å². The Bertz CT molecular complexity index is 300. The van der Waals surface area contributed by atoms with Crippen molar-refractivity contribution in [3.05, 3.63) is 0 Å². The van der Waals surface area contributed by atoms with Crippen LogP contribution in [-0.4, -0.2) is 34.8 Å². The van der Waals surface area contributed by atoms with Gasteiger partial charge in [-0.15, -0.1) is 0 Å². The summed E-state index contributed by atoms with van der Waals surface area (Å²) in [6.07, 6.45) is 1.38. The highest BCUT2D eigenvalue weighted by molar-refractivity contribution is 5.97. The second kappa shape index (κ2) is 5.52. The molecule has 0 aromatic carbocycles. The summed E-state index contributed by atoms with van der Waals surface area (Å²) in [6, 6.07) is -0.563. The van der Waals surface area contributed by atoms with Crippen LogP contribution >= 0.6 is 0 Å². The zero-order chi connectivity index (χ0) is 13.2. The lowest BCUT2D eigenvalue weighted by Gasteiger charge is -2.41. The average Bonchev–Trinajstić information content (AvgIpc) is 2.21. The van der Waals surface area contributed by atoms with E-state index in [-0.39, 0.29) is 29.9 Å². The first-order valence-corrected chi connectivity index (χ1v) is 6.51. The van der Waals surface area contributed by atoms with E-state index >= 15 is 0 Å². The van der Waals surface area contributed by atoms with Gasteiger partial charge >= 0.3 is 0 Å². The molecule has 17 heavy (non-hydrogen) atoms. The Hall–Kier alpha value is -1.06. The summed E-state index contributed by atoms with van der Waals surface area (Å²) in [4.78, 5) is 26.0. The molecule has 1 heterocycles. The SMILES string of the molecule is CCC1C(=O)NC(CC(C)C)C(=O)N1C(C)C. The topological polar surface area (TPSA) is 49.4 Å². The summed E-state index contributed by atoms with van der Waals surface area (Å²) >= 11 is 0. The van der Waals surface area contributed by atoms with Gasteiger partial charge in [0.15, 0.2) is 0 Å². The number of amides is 2. The number of carbonyl (C=O) groups excluding carboxylic acids is 2. The molecule has 0 bridgehead atoms. The van der Waals surface area contributed by atoms with Gasteiger partial charge in [0.1, 0.15) is 12.1 Å². The van der Waals surface area contributed by atoms with Crippen LogP contribution in [0.15, 0.2) is 0 Å². The summed E-state index contributed by atoms with van der Waals surface area (Å²) in [5, 5.41) is 2.85. The second-order valence-corrected chi connectivity index (χ2v) is 5.45. The van der Waals surface area contributed by atoms with Gasteiger partial charge in [0.2, 0.25) is 11.8 Å². The lowest BCUT2D eigenvalue weighted by Crippen LogP contribution is -2.64. The quantitative estimate of drug-likeness (QED) is 0.810. The molecule has 1 aliphatic heterocycles. The molecule has 2 unspecified atom stereocenters. The molecule has 0 aromatic rings. The maximum Gasteiger partial charge on any atom is 0.246 e. The largest absolute Gasteiger partial charge is 0.342 e. The molecule has 1 rings (SSSR count). The van der Waals surface area contributed by atoms with Gasteiger partial charge in [-0.2, -0.15) is 0 Å². The van der Waals surface area contributed by atoms with Crippen molar-refractivity contribution in [2.75, 3.05) is 0 Å². The van der Waals surface area contributed by atoms with Crippen LogP contribution in [-0.2, 0) is 9.59 Å². The molecule has 0 aromatic heterocycles. The summed E-state index contributed by atoms with van der Waals surface area (Å²) in [5.74, 6) is 0.461. The van der Waals surface area contributed by atoms with E-state index < -0.39 is 0 Å². The number of rotatable bonds is 4. The molecule has 1 aliphatic rings. The molecule has 1 fully saturated rings. The molecule has 2 atom stereocenters. The maximum atomic E-state index is 12.3. The number of nitrogens with one attached hydrogen (secondary N) is 1. The lowest BCUT2D eigenvalue weighted by molar-refractivity contribution is -0.152. The predicted octanol–water partition coefficient (Wildman–Crippen LogP) is 1.55. The van der Waals surface area contributed by atoms with Gasteiger partial charge in [-0.05, 0) is 32.6 Å². The van der Waals surface area contributed by atoms with E-state index in [2.05, 4.69) is 19.2 Å². The molecular formula is C13H24N2O2. The van der Waals surface area contributed by atoms with Gasteiger partial charge < -0.3 is 10.2 Å². The third-order valence-electron chi connectivity index (χ3n) is 3.16. The molecule has 4 nitrogen and oxygen atoms in total. The van der Waals surface area contributed by atoms with E-state index in [0.717, 1.165) is 0 Å². The van der Waals surface area contributed by atoms with Crippen LogP contribution in [0.4, 0.5) is 0 Å². The number of hydrogen-bond acceptors (Lipinski definition) is 2. The highest BCUT2D eigenvalue weighted by atomic mass is 16.2. The second-order valence-electron chi connectivity index (χ2n) is 5.45. The van der Waals surface area contributed by atoms with Gasteiger partial charge in [-0.3, -0.25) is 9.59 Å². The highest BCUT2D eigenvalue weighted by Gasteiger charge is 2.40. The van der Waals surface area contributed by atoms with Crippen LogP contribution < -0.4 is 5.32 Å². The van der Waals surface area contributed by atoms with Crippen LogP contribution in [0, 0.1) is 5.92 Å². The minimum absolute atomic E-state index is 0.00792.